The molecule has 3 rings (SSSR count). The number of benzene rings is 2. The van der Waals surface area contributed by atoms with E-state index in [1.807, 2.05) is 0 Å². The van der Waals surface area contributed by atoms with Gasteiger partial charge in [0.1, 0.15) is 17.8 Å². The summed E-state index contributed by atoms with van der Waals surface area (Å²) in [6, 6.07) is 9.69. The fraction of sp³-hybridized carbons (Fsp3) is 0.333. The zero-order chi connectivity index (χ0) is 21.8. The molecule has 1 aliphatic rings. The molecule has 1 atom stereocenters. The molecule has 1 aliphatic heterocycles. The van der Waals surface area contributed by atoms with Crippen LogP contribution in [0, 0.1) is 0 Å². The molecule has 2 aromatic rings. The number of rotatable bonds is 4. The Kier molecular flexibility index (Phi) is 7.37. The van der Waals surface area contributed by atoms with Gasteiger partial charge in [-0.1, -0.05) is 12.1 Å². The van der Waals surface area contributed by atoms with Gasteiger partial charge in [0.25, 0.3) is 0 Å². The Morgan fingerprint density at radius 3 is 2.24 bits per heavy atom. The van der Waals surface area contributed by atoms with Gasteiger partial charge in [-0.3, -0.25) is 0 Å². The number of hydrogen-bond donors (Lipinski definition) is 1. The molecular formula is C18H20F3O6PS. The number of hydrogen-bond acceptors (Lipinski definition) is 6. The molecule has 1 heterocycles. The standard InChI is InChI=1S/C15H12F3O5PS.C3H8O/c1-21-10-4-2-9(3-5-10)11-6-7-12(14-13(11)22-8-24-14)23-25(19,20)15(16,17)18;1-3(2)4/h2-7,24H,8H2,1H3;3-4H,1-2H3. The number of alkyl halides is 3. The predicted molar refractivity (Wildman–Crippen MR) is 105 cm³/mol. The van der Waals surface area contributed by atoms with Crippen molar-refractivity contribution in [3.8, 4) is 28.4 Å². The zero-order valence-corrected chi connectivity index (χ0v) is 17.6. The van der Waals surface area contributed by atoms with Crippen molar-refractivity contribution < 1.29 is 40.4 Å². The fourth-order valence-corrected chi connectivity index (χ4v) is 3.88. The van der Waals surface area contributed by atoms with Crippen molar-refractivity contribution in [3.05, 3.63) is 36.4 Å². The lowest BCUT2D eigenvalue weighted by atomic mass is 10.0. The van der Waals surface area contributed by atoms with Crippen LogP contribution in [-0.2, 0) is 10.1 Å². The van der Waals surface area contributed by atoms with E-state index in [0.717, 1.165) is 5.56 Å². The summed E-state index contributed by atoms with van der Waals surface area (Å²) in [5, 5.41) is 8.38. The van der Waals surface area contributed by atoms with Crippen LogP contribution in [0.15, 0.2) is 36.4 Å². The number of aliphatic hydroxyl groups excluding tert-OH is 1. The molecule has 2 aromatic carbocycles. The summed E-state index contributed by atoms with van der Waals surface area (Å²) < 4.78 is 75.0. The van der Waals surface area contributed by atoms with Crippen molar-refractivity contribution in [2.45, 2.75) is 25.5 Å². The monoisotopic (exact) mass is 452 g/mol. The molecule has 1 N–H and O–H groups in total. The normalized spacial score (nSPS) is 14.1. The Bertz CT molecular complexity index is 941. The SMILES string of the molecule is CC(C)O.COc1ccc(-c2ccc(OS(=O)(=O)C(F)(F)F)c3c2OCP3)cc1. The number of fused-ring (bicyclic) bond motifs is 1. The number of halogens is 3. The molecule has 0 fully saturated rings. The van der Waals surface area contributed by atoms with Crippen LogP contribution < -0.4 is 19.0 Å². The lowest BCUT2D eigenvalue weighted by Gasteiger charge is -2.14. The highest BCUT2D eigenvalue weighted by Crippen LogP contribution is 2.42. The molecule has 0 aliphatic carbocycles. The highest BCUT2D eigenvalue weighted by molar-refractivity contribution is 7.88. The van der Waals surface area contributed by atoms with Gasteiger partial charge in [-0.05, 0) is 52.3 Å². The molecular weight excluding hydrogens is 432 g/mol. The van der Waals surface area contributed by atoms with Crippen LogP contribution in [0.5, 0.6) is 17.2 Å². The van der Waals surface area contributed by atoms with Crippen LogP contribution in [0.25, 0.3) is 11.1 Å². The van der Waals surface area contributed by atoms with Gasteiger partial charge in [-0.2, -0.15) is 21.6 Å². The summed E-state index contributed by atoms with van der Waals surface area (Å²) in [5.41, 5.74) is -4.09. The van der Waals surface area contributed by atoms with Gasteiger partial charge in [0, 0.05) is 11.7 Å². The molecule has 0 spiro atoms. The summed E-state index contributed by atoms with van der Waals surface area (Å²) in [5.74, 6) is 0.623. The van der Waals surface area contributed by atoms with Crippen molar-refractivity contribution in [1.82, 2.24) is 0 Å². The maximum Gasteiger partial charge on any atom is 0.534 e. The number of methoxy groups -OCH3 is 1. The highest BCUT2D eigenvalue weighted by atomic mass is 32.2. The molecule has 29 heavy (non-hydrogen) atoms. The average molecular weight is 452 g/mol. The Balaban J connectivity index is 0.000000687. The molecule has 6 nitrogen and oxygen atoms in total. The van der Waals surface area contributed by atoms with Gasteiger partial charge in [0.05, 0.1) is 12.4 Å². The first-order valence-corrected chi connectivity index (χ1v) is 10.9. The van der Waals surface area contributed by atoms with Gasteiger partial charge in [0.2, 0.25) is 0 Å². The van der Waals surface area contributed by atoms with E-state index in [1.165, 1.54) is 19.2 Å². The maximum atomic E-state index is 12.5. The van der Waals surface area contributed by atoms with Crippen molar-refractivity contribution in [1.29, 1.82) is 0 Å². The molecule has 0 amide bonds. The minimum absolute atomic E-state index is 0.0168. The van der Waals surface area contributed by atoms with Crippen molar-refractivity contribution >= 4 is 24.0 Å². The molecule has 11 heteroatoms. The van der Waals surface area contributed by atoms with E-state index in [0.29, 0.717) is 22.4 Å². The van der Waals surface area contributed by atoms with Gasteiger partial charge in [-0.25, -0.2) is 0 Å². The Labute approximate surface area is 168 Å². The first-order valence-electron chi connectivity index (χ1n) is 8.33. The fourth-order valence-electron chi connectivity index (χ4n) is 2.30. The first kappa shape index (κ1) is 23.3. The van der Waals surface area contributed by atoms with Gasteiger partial charge >= 0.3 is 15.6 Å². The van der Waals surface area contributed by atoms with E-state index in [9.17, 15) is 21.6 Å². The smallest absolute Gasteiger partial charge is 0.497 e. The molecule has 0 aromatic heterocycles. The van der Waals surface area contributed by atoms with Crippen LogP contribution in [0.1, 0.15) is 13.8 Å². The van der Waals surface area contributed by atoms with E-state index in [1.54, 1.807) is 38.1 Å². The predicted octanol–water partition coefficient (Wildman–Crippen LogP) is 3.63. The minimum Gasteiger partial charge on any atom is -0.497 e. The van der Waals surface area contributed by atoms with Gasteiger partial charge < -0.3 is 18.8 Å². The largest absolute Gasteiger partial charge is 0.534 e. The summed E-state index contributed by atoms with van der Waals surface area (Å²) in [6.07, 6.45) is 0.0882. The third kappa shape index (κ3) is 5.74. The molecule has 0 saturated heterocycles. The third-order valence-corrected chi connectivity index (χ3v) is 5.55. The second-order valence-corrected chi connectivity index (χ2v) is 8.77. The molecule has 1 unspecified atom stereocenters. The lowest BCUT2D eigenvalue weighted by molar-refractivity contribution is -0.0499. The van der Waals surface area contributed by atoms with Crippen LogP contribution in [0.3, 0.4) is 0 Å². The van der Waals surface area contributed by atoms with Crippen LogP contribution in [0.4, 0.5) is 13.2 Å². The number of aliphatic hydroxyl groups is 1. The Morgan fingerprint density at radius 2 is 1.72 bits per heavy atom. The van der Waals surface area contributed by atoms with Crippen LogP contribution in [0.2, 0.25) is 0 Å². The molecule has 0 saturated carbocycles. The second-order valence-electron chi connectivity index (χ2n) is 6.09. The van der Waals surface area contributed by atoms with E-state index < -0.39 is 15.6 Å². The van der Waals surface area contributed by atoms with Crippen molar-refractivity contribution in [2.75, 3.05) is 13.5 Å². The van der Waals surface area contributed by atoms with Crippen LogP contribution >= 0.6 is 8.58 Å². The molecule has 160 valence electrons. The topological polar surface area (TPSA) is 82.1 Å². The van der Waals surface area contributed by atoms with E-state index >= 15 is 0 Å². The van der Waals surface area contributed by atoms with E-state index in [-0.39, 0.29) is 26.8 Å². The summed E-state index contributed by atoms with van der Waals surface area (Å²) in [4.78, 5) is 0. The van der Waals surface area contributed by atoms with Gasteiger partial charge in [-0.15, -0.1) is 0 Å². The number of ether oxygens (including phenoxy) is 2. The Morgan fingerprint density at radius 1 is 1.14 bits per heavy atom. The summed E-state index contributed by atoms with van der Waals surface area (Å²) in [6.45, 7) is 3.44. The summed E-state index contributed by atoms with van der Waals surface area (Å²) >= 11 is 0. The molecule has 0 bridgehead atoms. The van der Waals surface area contributed by atoms with E-state index in [4.69, 9.17) is 14.6 Å². The minimum atomic E-state index is -5.73. The second kappa shape index (κ2) is 9.19. The van der Waals surface area contributed by atoms with Crippen molar-refractivity contribution in [2.24, 2.45) is 0 Å². The summed E-state index contributed by atoms with van der Waals surface area (Å²) in [7, 11) is -4.21. The first-order chi connectivity index (χ1) is 13.5. The Hall–Kier alpha value is -2.03. The average Bonchev–Trinajstić information content (AvgIpc) is 3.11. The zero-order valence-electron chi connectivity index (χ0n) is 15.8. The molecule has 0 radical (unpaired) electrons. The van der Waals surface area contributed by atoms with E-state index in [2.05, 4.69) is 4.18 Å². The van der Waals surface area contributed by atoms with Crippen molar-refractivity contribution in [3.63, 3.8) is 0 Å². The maximum absolute atomic E-state index is 12.5. The quantitative estimate of drug-likeness (QED) is 0.434. The third-order valence-electron chi connectivity index (χ3n) is 3.47. The van der Waals surface area contributed by atoms with Crippen LogP contribution in [-0.4, -0.2) is 38.6 Å². The highest BCUT2D eigenvalue weighted by Gasteiger charge is 2.49. The lowest BCUT2D eigenvalue weighted by Crippen LogP contribution is -2.29. The van der Waals surface area contributed by atoms with Gasteiger partial charge in [0.15, 0.2) is 5.75 Å².